The Morgan fingerprint density at radius 1 is 0.974 bits per heavy atom. The molecule has 0 radical (unpaired) electrons. The number of aliphatic carboxylic acids is 1. The first-order valence-electron chi connectivity index (χ1n) is 12.5. The number of hydrogen-bond acceptors (Lipinski definition) is 5. The van der Waals surface area contributed by atoms with Gasteiger partial charge in [0.1, 0.15) is 5.75 Å². The second kappa shape index (κ2) is 13.3. The Morgan fingerprint density at radius 2 is 1.66 bits per heavy atom. The molecule has 0 bridgehead atoms. The summed E-state index contributed by atoms with van der Waals surface area (Å²) >= 11 is 0. The molecule has 4 N–H and O–H groups in total. The zero-order valence-electron chi connectivity index (χ0n) is 22.0. The van der Waals surface area contributed by atoms with E-state index in [1.165, 1.54) is 7.11 Å². The number of para-hydroxylation sites is 1. The third kappa shape index (κ3) is 8.12. The maximum absolute atomic E-state index is 13.0. The lowest BCUT2D eigenvalue weighted by Gasteiger charge is -2.24. The van der Waals surface area contributed by atoms with Crippen LogP contribution in [0.15, 0.2) is 42.5 Å². The Morgan fingerprint density at radius 3 is 2.37 bits per heavy atom. The highest BCUT2D eigenvalue weighted by Crippen LogP contribution is 2.26. The average Bonchev–Trinajstić information content (AvgIpc) is 3.12. The van der Waals surface area contributed by atoms with Crippen LogP contribution in [-0.2, 0) is 16.0 Å². The molecule has 1 aliphatic heterocycles. The van der Waals surface area contributed by atoms with Crippen LogP contribution in [0.2, 0.25) is 0 Å². The molecule has 0 aromatic heterocycles. The first-order chi connectivity index (χ1) is 18.2. The van der Waals surface area contributed by atoms with E-state index in [1.54, 1.807) is 34.9 Å². The van der Waals surface area contributed by atoms with Gasteiger partial charge in [0.15, 0.2) is 0 Å². The predicted molar refractivity (Wildman–Crippen MR) is 144 cm³/mol. The molecular formula is C27H35N5O6. The quantitative estimate of drug-likeness (QED) is 0.417. The number of nitrogens with zero attached hydrogens (tertiary/aromatic N) is 2. The van der Waals surface area contributed by atoms with E-state index in [4.69, 9.17) is 9.84 Å². The number of carboxylic acids is 1. The van der Waals surface area contributed by atoms with Gasteiger partial charge in [0.25, 0.3) is 0 Å². The van der Waals surface area contributed by atoms with E-state index in [0.29, 0.717) is 49.7 Å². The number of anilines is 2. The van der Waals surface area contributed by atoms with Crippen molar-refractivity contribution in [1.82, 2.24) is 15.1 Å². The van der Waals surface area contributed by atoms with E-state index in [-0.39, 0.29) is 24.8 Å². The van der Waals surface area contributed by atoms with Crippen molar-refractivity contribution in [1.29, 1.82) is 0 Å². The van der Waals surface area contributed by atoms with Crippen LogP contribution >= 0.6 is 0 Å². The number of ether oxygens (including phenoxy) is 1. The number of rotatable bonds is 8. The molecule has 1 fully saturated rings. The number of methoxy groups -OCH3 is 1. The number of benzene rings is 2. The summed E-state index contributed by atoms with van der Waals surface area (Å²) < 4.78 is 5.45. The largest absolute Gasteiger partial charge is 0.495 e. The van der Waals surface area contributed by atoms with Crippen molar-refractivity contribution in [3.63, 3.8) is 0 Å². The Bertz CT molecular complexity index is 1170. The smallest absolute Gasteiger partial charge is 0.323 e. The Labute approximate surface area is 222 Å². The van der Waals surface area contributed by atoms with Crippen LogP contribution < -0.4 is 20.7 Å². The van der Waals surface area contributed by atoms with Gasteiger partial charge in [-0.15, -0.1) is 0 Å². The summed E-state index contributed by atoms with van der Waals surface area (Å²) in [6, 6.07) is 11.4. The average molecular weight is 526 g/mol. The third-order valence-electron chi connectivity index (χ3n) is 6.25. The van der Waals surface area contributed by atoms with Crippen LogP contribution in [-0.4, -0.2) is 78.2 Å². The van der Waals surface area contributed by atoms with Gasteiger partial charge >= 0.3 is 18.0 Å². The number of carbonyl (C=O) groups is 4. The molecule has 2 aromatic rings. The van der Waals surface area contributed by atoms with E-state index >= 15 is 0 Å². The fraction of sp³-hybridized carbons (Fsp3) is 0.407. The van der Waals surface area contributed by atoms with E-state index in [1.807, 2.05) is 31.2 Å². The van der Waals surface area contributed by atoms with Crippen LogP contribution in [0.1, 0.15) is 30.9 Å². The molecule has 0 aliphatic carbocycles. The van der Waals surface area contributed by atoms with Crippen LogP contribution in [0, 0.1) is 6.92 Å². The predicted octanol–water partition coefficient (Wildman–Crippen LogP) is 3.30. The zero-order chi connectivity index (χ0) is 27.7. The lowest BCUT2D eigenvalue weighted by molar-refractivity contribution is -0.137. The molecule has 11 heteroatoms. The lowest BCUT2D eigenvalue weighted by Crippen LogP contribution is -2.46. The molecule has 1 aliphatic rings. The molecule has 2 aromatic carbocycles. The van der Waals surface area contributed by atoms with Gasteiger partial charge in [-0.25, -0.2) is 9.59 Å². The van der Waals surface area contributed by atoms with Crippen LogP contribution in [0.5, 0.6) is 5.75 Å². The molecular weight excluding hydrogens is 490 g/mol. The number of urea groups is 2. The van der Waals surface area contributed by atoms with Crippen molar-refractivity contribution in [2.75, 3.05) is 43.9 Å². The lowest BCUT2D eigenvalue weighted by atomic mass is 10.1. The molecule has 0 saturated carbocycles. The van der Waals surface area contributed by atoms with Gasteiger partial charge in [-0.05, 0) is 49.6 Å². The monoisotopic (exact) mass is 525 g/mol. The minimum atomic E-state index is -0.976. The minimum absolute atomic E-state index is 0.0773. The summed E-state index contributed by atoms with van der Waals surface area (Å²) in [4.78, 5) is 52.1. The van der Waals surface area contributed by atoms with Gasteiger partial charge in [-0.1, -0.05) is 24.3 Å². The molecule has 1 saturated heterocycles. The minimum Gasteiger partial charge on any atom is -0.495 e. The molecule has 0 unspecified atom stereocenters. The third-order valence-corrected chi connectivity index (χ3v) is 6.25. The van der Waals surface area contributed by atoms with E-state index in [2.05, 4.69) is 16.0 Å². The number of nitrogens with one attached hydrogen (secondary N) is 3. The number of amides is 5. The fourth-order valence-electron chi connectivity index (χ4n) is 4.21. The second-order valence-electron chi connectivity index (χ2n) is 9.28. The topological polar surface area (TPSA) is 140 Å². The highest BCUT2D eigenvalue weighted by atomic mass is 16.5. The molecule has 11 nitrogen and oxygen atoms in total. The highest BCUT2D eigenvalue weighted by Gasteiger charge is 2.23. The normalized spacial score (nSPS) is 14.2. The molecule has 1 heterocycles. The molecule has 5 amide bonds. The summed E-state index contributed by atoms with van der Waals surface area (Å²) in [6.45, 7) is 5.29. The maximum atomic E-state index is 13.0. The molecule has 204 valence electrons. The molecule has 1 atom stereocenters. The first kappa shape index (κ1) is 28.3. The van der Waals surface area contributed by atoms with Crippen molar-refractivity contribution in [3.8, 4) is 5.75 Å². The van der Waals surface area contributed by atoms with Crippen molar-refractivity contribution in [2.24, 2.45) is 0 Å². The summed E-state index contributed by atoms with van der Waals surface area (Å²) in [6.07, 6.45) is 0.613. The summed E-state index contributed by atoms with van der Waals surface area (Å²) in [5.74, 6) is -0.618. The van der Waals surface area contributed by atoms with Gasteiger partial charge in [-0.2, -0.15) is 0 Å². The highest BCUT2D eigenvalue weighted by molar-refractivity contribution is 6.01. The first-order valence-corrected chi connectivity index (χ1v) is 12.5. The van der Waals surface area contributed by atoms with Gasteiger partial charge in [0.05, 0.1) is 25.6 Å². The molecule has 0 spiro atoms. The number of carbonyl (C=O) groups excluding carboxylic acids is 3. The van der Waals surface area contributed by atoms with Crippen molar-refractivity contribution in [3.05, 3.63) is 53.6 Å². The molecule has 38 heavy (non-hydrogen) atoms. The Balaban J connectivity index is 1.55. The Hall–Kier alpha value is -4.28. The number of carboxylic acid groups (broad SMARTS) is 1. The summed E-state index contributed by atoms with van der Waals surface area (Å²) in [5.41, 5.74) is 2.85. The number of hydrogen-bond donors (Lipinski definition) is 4. The standard InChI is InChI=1S/C27H35N5O6/c1-18-7-4-5-8-21(18)29-26(36)30-22-10-9-20(16-23(22)38-3)17-24(33)31-11-6-12-32(14-13-31)27(37)28-19(2)15-25(34)35/h4-5,7-10,16,19H,6,11-15,17H2,1-3H3,(H,28,37)(H,34,35)(H2,29,30,36)/t19-/m1/s1. The van der Waals surface area contributed by atoms with Crippen LogP contribution in [0.3, 0.4) is 0 Å². The van der Waals surface area contributed by atoms with Gasteiger partial charge in [0.2, 0.25) is 5.91 Å². The van der Waals surface area contributed by atoms with E-state index in [9.17, 15) is 19.2 Å². The molecule has 3 rings (SSSR count). The summed E-state index contributed by atoms with van der Waals surface area (Å²) in [7, 11) is 1.50. The second-order valence-corrected chi connectivity index (χ2v) is 9.28. The van der Waals surface area contributed by atoms with E-state index < -0.39 is 18.0 Å². The van der Waals surface area contributed by atoms with Gasteiger partial charge < -0.3 is 35.6 Å². The zero-order valence-corrected chi connectivity index (χ0v) is 22.0. The maximum Gasteiger partial charge on any atom is 0.323 e. The SMILES string of the molecule is COc1cc(CC(=O)N2CCCN(C(=O)N[C@H](C)CC(=O)O)CC2)ccc1NC(=O)Nc1ccccc1C. The van der Waals surface area contributed by atoms with Crippen LogP contribution in [0.4, 0.5) is 21.0 Å². The van der Waals surface area contributed by atoms with Gasteiger partial charge in [-0.3, -0.25) is 9.59 Å². The van der Waals surface area contributed by atoms with Crippen molar-refractivity contribution < 1.29 is 29.0 Å². The fourth-order valence-corrected chi connectivity index (χ4v) is 4.21. The Kier molecular flexibility index (Phi) is 9.92. The van der Waals surface area contributed by atoms with E-state index in [0.717, 1.165) is 11.1 Å². The summed E-state index contributed by atoms with van der Waals surface area (Å²) in [5, 5.41) is 17.2. The van der Waals surface area contributed by atoms with Gasteiger partial charge in [0, 0.05) is 37.9 Å². The number of aryl methyl sites for hydroxylation is 1. The van der Waals surface area contributed by atoms with Crippen molar-refractivity contribution in [2.45, 2.75) is 39.2 Å². The van der Waals surface area contributed by atoms with Crippen LogP contribution in [0.25, 0.3) is 0 Å². The van der Waals surface area contributed by atoms with Crippen molar-refractivity contribution >= 4 is 35.3 Å².